The number of halogens is 1. The summed E-state index contributed by atoms with van der Waals surface area (Å²) in [5.41, 5.74) is 2.66. The maximum atomic E-state index is 10.4. The van der Waals surface area contributed by atoms with E-state index in [0.717, 1.165) is 30.5 Å². The molecule has 1 aliphatic heterocycles. The minimum absolute atomic E-state index is 0.288. The maximum absolute atomic E-state index is 10.4. The summed E-state index contributed by atoms with van der Waals surface area (Å²) in [6.45, 7) is 2.94. The van der Waals surface area contributed by atoms with Gasteiger partial charge >= 0.3 is 0 Å². The number of benzene rings is 2. The normalized spacial score (nSPS) is 18.0. The highest BCUT2D eigenvalue weighted by Gasteiger charge is 2.22. The van der Waals surface area contributed by atoms with Gasteiger partial charge in [0.05, 0.1) is 6.10 Å². The van der Waals surface area contributed by atoms with Gasteiger partial charge in [-0.2, -0.15) is 0 Å². The summed E-state index contributed by atoms with van der Waals surface area (Å²) in [4.78, 5) is 2.41. The summed E-state index contributed by atoms with van der Waals surface area (Å²) >= 11 is 3.45. The highest BCUT2D eigenvalue weighted by atomic mass is 79.9. The molecule has 2 aromatic rings. The van der Waals surface area contributed by atoms with Crippen LogP contribution in [-0.4, -0.2) is 35.7 Å². The average Bonchev–Trinajstić information content (AvgIpc) is 2.58. The van der Waals surface area contributed by atoms with Crippen molar-refractivity contribution in [3.63, 3.8) is 0 Å². The number of hydrogen-bond donors (Lipinski definition) is 1. The third kappa shape index (κ3) is 4.90. The van der Waals surface area contributed by atoms with Crippen molar-refractivity contribution in [1.29, 1.82) is 0 Å². The van der Waals surface area contributed by atoms with Crippen molar-refractivity contribution in [2.75, 3.05) is 19.6 Å². The molecule has 1 N–H and O–H groups in total. The molecule has 1 saturated heterocycles. The van der Waals surface area contributed by atoms with Crippen LogP contribution in [0.15, 0.2) is 59.1 Å². The molecule has 1 fully saturated rings. The fourth-order valence-corrected chi connectivity index (χ4v) is 3.69. The van der Waals surface area contributed by atoms with Crippen molar-refractivity contribution in [1.82, 2.24) is 4.90 Å². The molecular formula is C20H24BrNO. The number of likely N-dealkylation sites (tertiary alicyclic amines) is 1. The third-order valence-electron chi connectivity index (χ3n) is 4.71. The number of aliphatic hydroxyl groups excluding tert-OH is 1. The number of aliphatic hydroxyl groups is 1. The minimum atomic E-state index is -0.288. The molecular weight excluding hydrogens is 350 g/mol. The van der Waals surface area contributed by atoms with E-state index in [0.29, 0.717) is 5.92 Å². The van der Waals surface area contributed by atoms with Crippen molar-refractivity contribution in [2.45, 2.75) is 31.3 Å². The van der Waals surface area contributed by atoms with Gasteiger partial charge in [-0.05, 0) is 61.5 Å². The van der Waals surface area contributed by atoms with Crippen LogP contribution in [0.3, 0.4) is 0 Å². The Labute approximate surface area is 147 Å². The lowest BCUT2D eigenvalue weighted by Crippen LogP contribution is -2.39. The van der Waals surface area contributed by atoms with Crippen LogP contribution >= 0.6 is 15.9 Å². The van der Waals surface area contributed by atoms with Crippen molar-refractivity contribution in [3.8, 4) is 0 Å². The summed E-state index contributed by atoms with van der Waals surface area (Å²) in [5.74, 6) is 0.677. The zero-order chi connectivity index (χ0) is 16.1. The van der Waals surface area contributed by atoms with Crippen LogP contribution in [0.4, 0.5) is 0 Å². The summed E-state index contributed by atoms with van der Waals surface area (Å²) < 4.78 is 1.08. The number of nitrogens with zero attached hydrogens (tertiary/aromatic N) is 1. The fraction of sp³-hybridized carbons (Fsp3) is 0.400. The van der Waals surface area contributed by atoms with Gasteiger partial charge in [-0.25, -0.2) is 0 Å². The second kappa shape index (κ2) is 8.09. The van der Waals surface area contributed by atoms with Gasteiger partial charge in [-0.15, -0.1) is 0 Å². The van der Waals surface area contributed by atoms with Crippen LogP contribution in [0.5, 0.6) is 0 Å². The van der Waals surface area contributed by atoms with Gasteiger partial charge in [-0.3, -0.25) is 0 Å². The molecule has 0 unspecified atom stereocenters. The average molecular weight is 374 g/mol. The second-order valence-electron chi connectivity index (χ2n) is 6.47. The standard InChI is InChI=1S/C20H24BrNO/c21-19-8-6-16(7-9-19)14-20(23)15-22-12-10-18(11-13-22)17-4-2-1-3-5-17/h1-9,18,20,23H,10-15H2/t20-/m0/s1. The first kappa shape index (κ1) is 16.7. The molecule has 0 aromatic heterocycles. The van der Waals surface area contributed by atoms with E-state index < -0.39 is 0 Å². The minimum Gasteiger partial charge on any atom is -0.391 e. The molecule has 3 rings (SSSR count). The second-order valence-corrected chi connectivity index (χ2v) is 7.39. The molecule has 0 bridgehead atoms. The summed E-state index contributed by atoms with van der Waals surface area (Å²) in [6, 6.07) is 19.0. The first-order chi connectivity index (χ1) is 11.2. The van der Waals surface area contributed by atoms with Crippen molar-refractivity contribution in [2.24, 2.45) is 0 Å². The van der Waals surface area contributed by atoms with E-state index in [1.54, 1.807) is 0 Å². The van der Waals surface area contributed by atoms with Crippen molar-refractivity contribution >= 4 is 15.9 Å². The Morgan fingerprint density at radius 3 is 2.30 bits per heavy atom. The first-order valence-electron chi connectivity index (χ1n) is 8.40. The van der Waals surface area contributed by atoms with Gasteiger partial charge in [0.2, 0.25) is 0 Å². The molecule has 122 valence electrons. The lowest BCUT2D eigenvalue weighted by atomic mass is 9.89. The molecule has 1 heterocycles. The smallest absolute Gasteiger partial charge is 0.0707 e. The summed E-state index contributed by atoms with van der Waals surface area (Å²) in [7, 11) is 0. The van der Waals surface area contributed by atoms with Gasteiger partial charge in [-0.1, -0.05) is 58.4 Å². The molecule has 1 atom stereocenters. The lowest BCUT2D eigenvalue weighted by Gasteiger charge is -2.33. The van der Waals surface area contributed by atoms with Crippen LogP contribution in [0.1, 0.15) is 29.9 Å². The van der Waals surface area contributed by atoms with Crippen LogP contribution in [0, 0.1) is 0 Å². The molecule has 0 radical (unpaired) electrons. The van der Waals surface area contributed by atoms with Crippen LogP contribution in [0.25, 0.3) is 0 Å². The Kier molecular flexibility index (Phi) is 5.87. The molecule has 2 nitrogen and oxygen atoms in total. The Morgan fingerprint density at radius 1 is 1.00 bits per heavy atom. The zero-order valence-electron chi connectivity index (χ0n) is 13.4. The van der Waals surface area contributed by atoms with Crippen LogP contribution in [0.2, 0.25) is 0 Å². The monoisotopic (exact) mass is 373 g/mol. The van der Waals surface area contributed by atoms with Crippen LogP contribution < -0.4 is 0 Å². The zero-order valence-corrected chi connectivity index (χ0v) is 15.0. The SMILES string of the molecule is O[C@@H](Cc1ccc(Br)cc1)CN1CCC(c2ccccc2)CC1. The van der Waals surface area contributed by atoms with Gasteiger partial charge in [0, 0.05) is 11.0 Å². The fourth-order valence-electron chi connectivity index (χ4n) is 3.43. The van der Waals surface area contributed by atoms with E-state index in [9.17, 15) is 5.11 Å². The van der Waals surface area contributed by atoms with E-state index >= 15 is 0 Å². The van der Waals surface area contributed by atoms with Gasteiger partial charge < -0.3 is 10.0 Å². The van der Waals surface area contributed by atoms with E-state index in [4.69, 9.17) is 0 Å². The van der Waals surface area contributed by atoms with E-state index in [2.05, 4.69) is 63.3 Å². The predicted molar refractivity (Wildman–Crippen MR) is 98.7 cm³/mol. The maximum Gasteiger partial charge on any atom is 0.0707 e. The molecule has 23 heavy (non-hydrogen) atoms. The lowest BCUT2D eigenvalue weighted by molar-refractivity contribution is 0.0972. The highest BCUT2D eigenvalue weighted by Crippen LogP contribution is 2.27. The quantitative estimate of drug-likeness (QED) is 0.847. The largest absolute Gasteiger partial charge is 0.391 e. The van der Waals surface area contributed by atoms with Crippen molar-refractivity contribution in [3.05, 3.63) is 70.2 Å². The number of hydrogen-bond acceptors (Lipinski definition) is 2. The Bertz CT molecular complexity index is 591. The van der Waals surface area contributed by atoms with E-state index in [-0.39, 0.29) is 6.10 Å². The van der Waals surface area contributed by atoms with Gasteiger partial charge in [0.25, 0.3) is 0 Å². The van der Waals surface area contributed by atoms with E-state index in [1.165, 1.54) is 24.0 Å². The summed E-state index contributed by atoms with van der Waals surface area (Å²) in [5, 5.41) is 10.4. The predicted octanol–water partition coefficient (Wildman–Crippen LogP) is 4.23. The molecule has 1 aliphatic rings. The third-order valence-corrected chi connectivity index (χ3v) is 5.24. The van der Waals surface area contributed by atoms with E-state index in [1.807, 2.05) is 12.1 Å². The van der Waals surface area contributed by atoms with Crippen LogP contribution in [-0.2, 0) is 6.42 Å². The number of β-amino-alcohol motifs (C(OH)–C–C–N with tert-alkyl or cyclic N) is 1. The molecule has 0 saturated carbocycles. The molecule has 0 aliphatic carbocycles. The Hall–Kier alpha value is -1.16. The molecule has 0 spiro atoms. The Balaban J connectivity index is 1.46. The van der Waals surface area contributed by atoms with Gasteiger partial charge in [0.1, 0.15) is 0 Å². The van der Waals surface area contributed by atoms with Crippen molar-refractivity contribution < 1.29 is 5.11 Å². The molecule has 0 amide bonds. The number of rotatable bonds is 5. The molecule has 2 aromatic carbocycles. The molecule has 3 heteroatoms. The van der Waals surface area contributed by atoms with Gasteiger partial charge in [0.15, 0.2) is 0 Å². The number of piperidine rings is 1. The first-order valence-corrected chi connectivity index (χ1v) is 9.20. The highest BCUT2D eigenvalue weighted by molar-refractivity contribution is 9.10. The Morgan fingerprint density at radius 2 is 1.65 bits per heavy atom. The summed E-state index contributed by atoms with van der Waals surface area (Å²) in [6.07, 6.45) is 2.82. The topological polar surface area (TPSA) is 23.5 Å².